The van der Waals surface area contributed by atoms with Crippen molar-refractivity contribution in [1.29, 1.82) is 0 Å². The molecule has 1 aliphatic rings. The van der Waals surface area contributed by atoms with Gasteiger partial charge >= 0.3 is 5.97 Å². The minimum atomic E-state index is -3.84. The van der Waals surface area contributed by atoms with Crippen molar-refractivity contribution < 1.29 is 23.1 Å². The molecule has 0 spiro atoms. The maximum absolute atomic E-state index is 11.9. The van der Waals surface area contributed by atoms with Gasteiger partial charge in [0.15, 0.2) is 0 Å². The maximum atomic E-state index is 11.9. The molecule has 0 aliphatic carbocycles. The third-order valence-electron chi connectivity index (χ3n) is 3.12. The molecule has 0 aromatic heterocycles. The van der Waals surface area contributed by atoms with Crippen LogP contribution < -0.4 is 15.8 Å². The van der Waals surface area contributed by atoms with Gasteiger partial charge in [-0.2, -0.15) is 0 Å². The van der Waals surface area contributed by atoms with Gasteiger partial charge in [-0.25, -0.2) is 18.4 Å². The third-order valence-corrected chi connectivity index (χ3v) is 4.37. The van der Waals surface area contributed by atoms with E-state index in [4.69, 9.17) is 16.0 Å². The first-order chi connectivity index (χ1) is 9.20. The number of rotatable bonds is 3. The lowest BCUT2D eigenvalue weighted by atomic mass is 10.1. The Labute approximate surface area is 115 Å². The van der Waals surface area contributed by atoms with E-state index in [0.717, 1.165) is 4.90 Å². The second kappa shape index (κ2) is 4.76. The molecule has 1 unspecified atom stereocenters. The number of primary sulfonamides is 1. The number of amides is 1. The highest BCUT2D eigenvalue weighted by Gasteiger charge is 2.37. The number of carboxylic acid groups (broad SMARTS) is 1. The lowest BCUT2D eigenvalue weighted by Gasteiger charge is -2.19. The molecule has 1 aliphatic heterocycles. The predicted molar refractivity (Wildman–Crippen MR) is 71.7 cm³/mol. The summed E-state index contributed by atoms with van der Waals surface area (Å²) in [5.74, 6) is -1.63. The van der Waals surface area contributed by atoms with Gasteiger partial charge < -0.3 is 15.7 Å². The molecule has 1 amide bonds. The zero-order valence-electron chi connectivity index (χ0n) is 10.3. The Morgan fingerprint density at radius 3 is 2.55 bits per heavy atom. The largest absolute Gasteiger partial charge is 0.478 e. The number of nitrogens with zero attached hydrogens (tertiary/aromatic N) is 1. The standard InChI is InChI=1S/C11H13N3O5S/c12-8-2-1-6(11(16)17)3-9(8)14-5-7(4-10(14)15)20(13,18)19/h1-3,7H,4-5,12H2,(H,16,17)(H2,13,18,19). The fourth-order valence-electron chi connectivity index (χ4n) is 2.04. The number of hydrogen-bond acceptors (Lipinski definition) is 5. The monoisotopic (exact) mass is 299 g/mol. The molecule has 1 aromatic rings. The molecule has 1 aromatic carbocycles. The fraction of sp³-hybridized carbons (Fsp3) is 0.273. The second-order valence-corrected chi connectivity index (χ2v) is 6.34. The van der Waals surface area contributed by atoms with E-state index in [1.165, 1.54) is 18.2 Å². The normalized spacial score (nSPS) is 19.4. The summed E-state index contributed by atoms with van der Waals surface area (Å²) in [4.78, 5) is 23.9. The molecule has 1 saturated heterocycles. The Balaban J connectivity index is 2.40. The topological polar surface area (TPSA) is 144 Å². The molecule has 8 nitrogen and oxygen atoms in total. The molecule has 2 rings (SSSR count). The van der Waals surface area contributed by atoms with Gasteiger partial charge in [0.2, 0.25) is 15.9 Å². The van der Waals surface area contributed by atoms with E-state index in [2.05, 4.69) is 0 Å². The van der Waals surface area contributed by atoms with Crippen molar-refractivity contribution in [3.05, 3.63) is 23.8 Å². The van der Waals surface area contributed by atoms with Crippen molar-refractivity contribution in [3.63, 3.8) is 0 Å². The Morgan fingerprint density at radius 1 is 1.40 bits per heavy atom. The Morgan fingerprint density at radius 2 is 2.05 bits per heavy atom. The van der Waals surface area contributed by atoms with Gasteiger partial charge in [-0.15, -0.1) is 0 Å². The molecule has 20 heavy (non-hydrogen) atoms. The molecule has 0 bridgehead atoms. The molecule has 5 N–H and O–H groups in total. The molecule has 0 saturated carbocycles. The van der Waals surface area contributed by atoms with E-state index in [9.17, 15) is 18.0 Å². The van der Waals surface area contributed by atoms with Crippen LogP contribution in [0.1, 0.15) is 16.8 Å². The number of carboxylic acids is 1. The summed E-state index contributed by atoms with van der Waals surface area (Å²) in [6, 6.07) is 3.90. The average Bonchev–Trinajstić information content (AvgIpc) is 2.71. The molecule has 1 heterocycles. The van der Waals surface area contributed by atoms with E-state index in [0.29, 0.717) is 0 Å². The summed E-state index contributed by atoms with van der Waals surface area (Å²) in [5, 5.41) is 12.9. The van der Waals surface area contributed by atoms with Gasteiger partial charge in [0.05, 0.1) is 16.9 Å². The fourth-order valence-corrected chi connectivity index (χ4v) is 2.77. The highest BCUT2D eigenvalue weighted by Crippen LogP contribution is 2.30. The van der Waals surface area contributed by atoms with Crippen molar-refractivity contribution in [2.75, 3.05) is 17.2 Å². The average molecular weight is 299 g/mol. The van der Waals surface area contributed by atoms with Gasteiger partial charge in [0.25, 0.3) is 0 Å². The van der Waals surface area contributed by atoms with Crippen LogP contribution in [-0.2, 0) is 14.8 Å². The summed E-state index contributed by atoms with van der Waals surface area (Å²) >= 11 is 0. The summed E-state index contributed by atoms with van der Waals surface area (Å²) in [5.41, 5.74) is 6.05. The molecule has 1 atom stereocenters. The van der Waals surface area contributed by atoms with Gasteiger partial charge in [0, 0.05) is 13.0 Å². The van der Waals surface area contributed by atoms with Crippen LogP contribution in [0.5, 0.6) is 0 Å². The first-order valence-electron chi connectivity index (χ1n) is 5.65. The van der Waals surface area contributed by atoms with E-state index in [-0.39, 0.29) is 29.9 Å². The summed E-state index contributed by atoms with van der Waals surface area (Å²) < 4.78 is 22.6. The first-order valence-corrected chi connectivity index (χ1v) is 7.26. The lowest BCUT2D eigenvalue weighted by Crippen LogP contribution is -2.32. The van der Waals surface area contributed by atoms with Crippen LogP contribution in [0.2, 0.25) is 0 Å². The van der Waals surface area contributed by atoms with Crippen molar-refractivity contribution >= 4 is 33.3 Å². The molecule has 9 heteroatoms. The van der Waals surface area contributed by atoms with E-state index < -0.39 is 27.1 Å². The maximum Gasteiger partial charge on any atom is 0.335 e. The van der Waals surface area contributed by atoms with Crippen LogP contribution in [0.3, 0.4) is 0 Å². The summed E-state index contributed by atoms with van der Waals surface area (Å²) in [6.07, 6.45) is -0.241. The van der Waals surface area contributed by atoms with Crippen molar-refractivity contribution in [2.24, 2.45) is 5.14 Å². The van der Waals surface area contributed by atoms with Gasteiger partial charge in [-0.05, 0) is 18.2 Å². The second-order valence-electron chi connectivity index (χ2n) is 4.50. The van der Waals surface area contributed by atoms with Gasteiger partial charge in [0.1, 0.15) is 5.25 Å². The summed E-state index contributed by atoms with van der Waals surface area (Å²) in [7, 11) is -3.84. The number of anilines is 2. The van der Waals surface area contributed by atoms with Gasteiger partial charge in [-0.3, -0.25) is 4.79 Å². The number of nitrogen functional groups attached to an aromatic ring is 1. The number of nitrogens with two attached hydrogens (primary N) is 2. The molecule has 1 fully saturated rings. The first kappa shape index (κ1) is 14.3. The summed E-state index contributed by atoms with van der Waals surface area (Å²) in [6.45, 7) is -0.134. The van der Waals surface area contributed by atoms with Crippen molar-refractivity contribution in [1.82, 2.24) is 0 Å². The number of benzene rings is 1. The molecular formula is C11H13N3O5S. The highest BCUT2D eigenvalue weighted by molar-refractivity contribution is 7.89. The van der Waals surface area contributed by atoms with Crippen LogP contribution in [0.15, 0.2) is 18.2 Å². The van der Waals surface area contributed by atoms with E-state index >= 15 is 0 Å². The minimum Gasteiger partial charge on any atom is -0.478 e. The Bertz CT molecular complexity index is 685. The van der Waals surface area contributed by atoms with Crippen LogP contribution in [0, 0.1) is 0 Å². The number of hydrogen-bond donors (Lipinski definition) is 3. The third kappa shape index (κ3) is 2.58. The van der Waals surface area contributed by atoms with Crippen LogP contribution in [-0.4, -0.2) is 37.2 Å². The SMILES string of the molecule is Nc1ccc(C(=O)O)cc1N1CC(S(N)(=O)=O)CC1=O. The van der Waals surface area contributed by atoms with Crippen molar-refractivity contribution in [2.45, 2.75) is 11.7 Å². The minimum absolute atomic E-state index is 0.0407. The number of carbonyl (C=O) groups is 2. The zero-order valence-corrected chi connectivity index (χ0v) is 11.1. The Hall–Kier alpha value is -2.13. The van der Waals surface area contributed by atoms with Gasteiger partial charge in [-0.1, -0.05) is 0 Å². The Kier molecular flexibility index (Phi) is 3.40. The predicted octanol–water partition coefficient (Wildman–Crippen LogP) is -0.639. The van der Waals surface area contributed by atoms with E-state index in [1.54, 1.807) is 0 Å². The van der Waals surface area contributed by atoms with Crippen LogP contribution >= 0.6 is 0 Å². The van der Waals surface area contributed by atoms with Crippen molar-refractivity contribution in [3.8, 4) is 0 Å². The van der Waals surface area contributed by atoms with Crippen LogP contribution in [0.25, 0.3) is 0 Å². The molecular weight excluding hydrogens is 286 g/mol. The zero-order chi connectivity index (χ0) is 15.1. The molecule has 0 radical (unpaired) electrons. The smallest absolute Gasteiger partial charge is 0.335 e. The molecule has 108 valence electrons. The lowest BCUT2D eigenvalue weighted by molar-refractivity contribution is -0.117. The van der Waals surface area contributed by atoms with Crippen LogP contribution in [0.4, 0.5) is 11.4 Å². The number of sulfonamides is 1. The van der Waals surface area contributed by atoms with E-state index in [1.807, 2.05) is 0 Å². The highest BCUT2D eigenvalue weighted by atomic mass is 32.2. The number of aromatic carboxylic acids is 1. The quantitative estimate of drug-likeness (QED) is 0.633. The number of carbonyl (C=O) groups excluding carboxylic acids is 1.